The fourth-order valence-corrected chi connectivity index (χ4v) is 3.53. The van der Waals surface area contributed by atoms with Gasteiger partial charge in [-0.05, 0) is 19.5 Å². The van der Waals surface area contributed by atoms with E-state index in [1.165, 1.54) is 5.56 Å². The van der Waals surface area contributed by atoms with Crippen molar-refractivity contribution < 1.29 is 4.79 Å². The number of aryl methyl sites for hydroxylation is 1. The molecule has 0 N–H and O–H groups in total. The van der Waals surface area contributed by atoms with Crippen LogP contribution >= 0.6 is 0 Å². The maximum Gasteiger partial charge on any atom is 0.227 e. The van der Waals surface area contributed by atoms with Crippen LogP contribution in [0.3, 0.4) is 0 Å². The Balaban J connectivity index is 1.78. The minimum absolute atomic E-state index is 0.00554. The summed E-state index contributed by atoms with van der Waals surface area (Å²) in [5, 5.41) is 8.07. The summed E-state index contributed by atoms with van der Waals surface area (Å²) in [5.74, 6) is 0.454. The fourth-order valence-electron chi connectivity index (χ4n) is 3.53. The number of amides is 1. The van der Waals surface area contributed by atoms with Crippen LogP contribution in [0.2, 0.25) is 0 Å². The quantitative estimate of drug-likeness (QED) is 0.835. The zero-order chi connectivity index (χ0) is 17.1. The molecule has 1 aliphatic heterocycles. The van der Waals surface area contributed by atoms with E-state index in [2.05, 4.69) is 34.4 Å². The molecule has 24 heavy (non-hydrogen) atoms. The first-order valence-corrected chi connectivity index (χ1v) is 8.46. The van der Waals surface area contributed by atoms with E-state index in [0.29, 0.717) is 13.1 Å². The largest absolute Gasteiger partial charge is 0.337 e. The monoisotopic (exact) mass is 327 g/mol. The van der Waals surface area contributed by atoms with Gasteiger partial charge in [0.2, 0.25) is 5.91 Å². The van der Waals surface area contributed by atoms with Gasteiger partial charge in [-0.15, -0.1) is 5.10 Å². The van der Waals surface area contributed by atoms with E-state index < -0.39 is 0 Å². The molecule has 6 nitrogen and oxygen atoms in total. The highest BCUT2D eigenvalue weighted by Gasteiger charge is 2.38. The number of carbonyl (C=O) groups is 1. The number of benzene rings is 1. The highest BCUT2D eigenvalue weighted by Crippen LogP contribution is 2.33. The van der Waals surface area contributed by atoms with Gasteiger partial charge in [-0.1, -0.05) is 35.5 Å². The molecule has 0 aliphatic carbocycles. The predicted octanol–water partition coefficient (Wildman–Crippen LogP) is 1.51. The Morgan fingerprint density at radius 1 is 1.25 bits per heavy atom. The average molecular weight is 327 g/mol. The summed E-state index contributed by atoms with van der Waals surface area (Å²) in [6, 6.07) is 10.4. The van der Waals surface area contributed by atoms with Crippen molar-refractivity contribution in [2.24, 2.45) is 13.0 Å². The van der Waals surface area contributed by atoms with Crippen LogP contribution in [0.15, 0.2) is 36.5 Å². The summed E-state index contributed by atoms with van der Waals surface area (Å²) in [7, 11) is 3.92. The molecule has 1 aromatic heterocycles. The van der Waals surface area contributed by atoms with Crippen molar-refractivity contribution in [2.45, 2.75) is 19.4 Å². The number of hydrogen-bond acceptors (Lipinski definition) is 4. The molecular weight excluding hydrogens is 302 g/mol. The molecule has 1 saturated heterocycles. The number of likely N-dealkylation sites (tertiary alicyclic amines) is 1. The Morgan fingerprint density at radius 3 is 2.62 bits per heavy atom. The van der Waals surface area contributed by atoms with E-state index in [-0.39, 0.29) is 17.7 Å². The van der Waals surface area contributed by atoms with Gasteiger partial charge in [0.15, 0.2) is 0 Å². The summed E-state index contributed by atoms with van der Waals surface area (Å²) in [6.45, 7) is 4.94. The van der Waals surface area contributed by atoms with Gasteiger partial charge in [-0.2, -0.15) is 0 Å². The van der Waals surface area contributed by atoms with Gasteiger partial charge in [0.1, 0.15) is 5.69 Å². The molecule has 2 aromatic rings. The maximum atomic E-state index is 13.2. The third kappa shape index (κ3) is 3.48. The molecule has 0 spiro atoms. The SMILES string of the molecule is CCN(Cc1cn(C)nn1)C(=O)[C@@H]1CN(C)C[C@H]1c1ccccc1. The van der Waals surface area contributed by atoms with Crippen molar-refractivity contribution in [3.05, 3.63) is 47.8 Å². The van der Waals surface area contributed by atoms with Crippen LogP contribution < -0.4 is 0 Å². The molecule has 0 unspecified atom stereocenters. The van der Waals surface area contributed by atoms with E-state index >= 15 is 0 Å². The predicted molar refractivity (Wildman–Crippen MR) is 92.3 cm³/mol. The molecule has 3 rings (SSSR count). The fraction of sp³-hybridized carbons (Fsp3) is 0.500. The Labute approximate surface area is 143 Å². The second-order valence-corrected chi connectivity index (χ2v) is 6.58. The van der Waals surface area contributed by atoms with Crippen LogP contribution in [-0.4, -0.2) is 57.4 Å². The molecule has 1 aliphatic rings. The normalized spacial score (nSPS) is 21.1. The highest BCUT2D eigenvalue weighted by molar-refractivity contribution is 5.80. The van der Waals surface area contributed by atoms with Crippen molar-refractivity contribution in [2.75, 3.05) is 26.7 Å². The number of aromatic nitrogens is 3. The maximum absolute atomic E-state index is 13.2. The van der Waals surface area contributed by atoms with Crippen molar-refractivity contribution in [1.82, 2.24) is 24.8 Å². The molecule has 0 radical (unpaired) electrons. The van der Waals surface area contributed by atoms with Crippen LogP contribution in [0.25, 0.3) is 0 Å². The van der Waals surface area contributed by atoms with Crippen LogP contribution in [0.4, 0.5) is 0 Å². The minimum atomic E-state index is -0.00554. The summed E-state index contributed by atoms with van der Waals surface area (Å²) in [5.41, 5.74) is 2.08. The van der Waals surface area contributed by atoms with Gasteiger partial charge in [-0.25, -0.2) is 0 Å². The first-order chi connectivity index (χ1) is 11.6. The molecule has 128 valence electrons. The van der Waals surface area contributed by atoms with Crippen LogP contribution in [0.5, 0.6) is 0 Å². The summed E-state index contributed by atoms with van der Waals surface area (Å²) >= 11 is 0. The lowest BCUT2D eigenvalue weighted by atomic mass is 9.88. The number of likely N-dealkylation sites (N-methyl/N-ethyl adjacent to an activating group) is 1. The molecule has 2 atom stereocenters. The zero-order valence-corrected chi connectivity index (χ0v) is 14.6. The molecular formula is C18H25N5O. The minimum Gasteiger partial charge on any atom is -0.337 e. The second-order valence-electron chi connectivity index (χ2n) is 6.58. The molecule has 0 bridgehead atoms. The molecule has 1 fully saturated rings. The van der Waals surface area contributed by atoms with Crippen LogP contribution in [0, 0.1) is 5.92 Å². The molecule has 6 heteroatoms. The summed E-state index contributed by atoms with van der Waals surface area (Å²) in [6.07, 6.45) is 1.87. The summed E-state index contributed by atoms with van der Waals surface area (Å²) < 4.78 is 1.67. The van der Waals surface area contributed by atoms with Crippen molar-refractivity contribution in [3.8, 4) is 0 Å². The van der Waals surface area contributed by atoms with Crippen molar-refractivity contribution in [1.29, 1.82) is 0 Å². The Bertz CT molecular complexity index is 684. The van der Waals surface area contributed by atoms with E-state index in [4.69, 9.17) is 0 Å². The lowest BCUT2D eigenvalue weighted by molar-refractivity contribution is -0.136. The lowest BCUT2D eigenvalue weighted by Crippen LogP contribution is -2.38. The Morgan fingerprint density at radius 2 is 2.00 bits per heavy atom. The van der Waals surface area contributed by atoms with Gasteiger partial charge in [0, 0.05) is 38.8 Å². The molecule has 1 aromatic carbocycles. The smallest absolute Gasteiger partial charge is 0.227 e. The third-order valence-electron chi connectivity index (χ3n) is 4.74. The van der Waals surface area contributed by atoms with E-state index in [1.54, 1.807) is 4.68 Å². The molecule has 0 saturated carbocycles. The van der Waals surface area contributed by atoms with Crippen molar-refractivity contribution >= 4 is 5.91 Å². The van der Waals surface area contributed by atoms with Gasteiger partial charge >= 0.3 is 0 Å². The second kappa shape index (κ2) is 7.13. The average Bonchev–Trinajstić information content (AvgIpc) is 3.18. The zero-order valence-electron chi connectivity index (χ0n) is 14.6. The first kappa shape index (κ1) is 16.6. The van der Waals surface area contributed by atoms with Crippen molar-refractivity contribution in [3.63, 3.8) is 0 Å². The Kier molecular flexibility index (Phi) is 4.94. The summed E-state index contributed by atoms with van der Waals surface area (Å²) in [4.78, 5) is 17.3. The number of hydrogen-bond donors (Lipinski definition) is 0. The number of nitrogens with zero attached hydrogens (tertiary/aromatic N) is 5. The first-order valence-electron chi connectivity index (χ1n) is 8.46. The van der Waals surface area contributed by atoms with E-state index in [0.717, 1.165) is 18.8 Å². The molecule has 2 heterocycles. The van der Waals surface area contributed by atoms with Crippen LogP contribution in [-0.2, 0) is 18.4 Å². The standard InChI is InChI=1S/C18H25N5O/c1-4-23(11-15-10-22(3)20-19-15)18(24)17-13-21(2)12-16(17)14-8-6-5-7-9-14/h5-10,16-17H,4,11-13H2,1-3H3/t16-,17+/m0/s1. The van der Waals surface area contributed by atoms with E-state index in [9.17, 15) is 4.79 Å². The number of rotatable bonds is 5. The van der Waals surface area contributed by atoms with E-state index in [1.807, 2.05) is 43.3 Å². The Hall–Kier alpha value is -2.21. The topological polar surface area (TPSA) is 54.3 Å². The third-order valence-corrected chi connectivity index (χ3v) is 4.74. The lowest BCUT2D eigenvalue weighted by Gasteiger charge is -2.26. The van der Waals surface area contributed by atoms with Crippen LogP contribution in [0.1, 0.15) is 24.1 Å². The van der Waals surface area contributed by atoms with Gasteiger partial charge < -0.3 is 9.80 Å². The molecule has 1 amide bonds. The van der Waals surface area contributed by atoms with Gasteiger partial charge in [0.25, 0.3) is 0 Å². The van der Waals surface area contributed by atoms with Gasteiger partial charge in [0.05, 0.1) is 12.5 Å². The van der Waals surface area contributed by atoms with Gasteiger partial charge in [-0.3, -0.25) is 9.48 Å². The number of carbonyl (C=O) groups excluding carboxylic acids is 1. The highest BCUT2D eigenvalue weighted by atomic mass is 16.2.